The largest absolute Gasteiger partial charge is 3.00 e. The molecule has 213 valence electrons. The second kappa shape index (κ2) is 14.0. The van der Waals surface area contributed by atoms with Crippen LogP contribution < -0.4 is 0 Å². The van der Waals surface area contributed by atoms with Crippen molar-refractivity contribution in [2.75, 3.05) is 0 Å². The molecular formula is C34H24F4N4Ru+3. The number of aryl methyl sites for hydroxylation is 2. The summed E-state index contributed by atoms with van der Waals surface area (Å²) in [5.74, 6) is -1.21. The van der Waals surface area contributed by atoms with E-state index in [0.717, 1.165) is 33.6 Å². The predicted molar refractivity (Wildman–Crippen MR) is 155 cm³/mol. The molecule has 0 N–H and O–H groups in total. The standard InChI is InChI=1S/2C17H12F2N2.Ru/c2*1-11-10-20-16(12-2-6-14(18)7-3-12)17(21-11)13-4-8-15(19)9-5-13;/h2*2-10H,1H3;/q;;+3. The average Bonchev–Trinajstić information content (AvgIpc) is 2.99. The molecule has 0 aliphatic heterocycles. The van der Waals surface area contributed by atoms with Gasteiger partial charge in [0.05, 0.1) is 34.2 Å². The fraction of sp³-hybridized carbons (Fsp3) is 0.0588. The van der Waals surface area contributed by atoms with Crippen LogP contribution in [0.15, 0.2) is 109 Å². The van der Waals surface area contributed by atoms with E-state index in [1.165, 1.54) is 48.5 Å². The van der Waals surface area contributed by atoms with Gasteiger partial charge >= 0.3 is 19.5 Å². The summed E-state index contributed by atoms with van der Waals surface area (Å²) in [5.41, 5.74) is 7.20. The molecule has 0 unspecified atom stereocenters. The average molecular weight is 666 g/mol. The molecule has 6 aromatic rings. The molecule has 2 aromatic heterocycles. The van der Waals surface area contributed by atoms with Crippen molar-refractivity contribution in [1.82, 2.24) is 19.9 Å². The van der Waals surface area contributed by atoms with Gasteiger partial charge in [0.1, 0.15) is 23.3 Å². The summed E-state index contributed by atoms with van der Waals surface area (Å²) in [7, 11) is 0. The zero-order valence-corrected chi connectivity index (χ0v) is 24.8. The topological polar surface area (TPSA) is 51.6 Å². The Morgan fingerprint density at radius 3 is 0.860 bits per heavy atom. The van der Waals surface area contributed by atoms with Crippen LogP contribution in [0.25, 0.3) is 45.0 Å². The van der Waals surface area contributed by atoms with Crippen molar-refractivity contribution in [1.29, 1.82) is 0 Å². The Kier molecular flexibility index (Phi) is 10.2. The molecule has 0 saturated heterocycles. The van der Waals surface area contributed by atoms with E-state index < -0.39 is 0 Å². The van der Waals surface area contributed by atoms with Crippen LogP contribution in [0, 0.1) is 37.1 Å². The van der Waals surface area contributed by atoms with E-state index in [4.69, 9.17) is 0 Å². The number of benzene rings is 4. The number of rotatable bonds is 4. The van der Waals surface area contributed by atoms with Gasteiger partial charge in [-0.1, -0.05) is 0 Å². The van der Waals surface area contributed by atoms with Crippen LogP contribution in [-0.2, 0) is 19.5 Å². The van der Waals surface area contributed by atoms with Crippen LogP contribution in [0.1, 0.15) is 11.4 Å². The summed E-state index contributed by atoms with van der Waals surface area (Å²) >= 11 is 0. The maximum atomic E-state index is 13.1. The quantitative estimate of drug-likeness (QED) is 0.140. The van der Waals surface area contributed by atoms with Crippen LogP contribution in [0.4, 0.5) is 17.6 Å². The Morgan fingerprint density at radius 1 is 0.372 bits per heavy atom. The van der Waals surface area contributed by atoms with Crippen LogP contribution in [0.5, 0.6) is 0 Å². The van der Waals surface area contributed by atoms with E-state index in [-0.39, 0.29) is 42.7 Å². The van der Waals surface area contributed by atoms with E-state index in [1.807, 2.05) is 13.8 Å². The summed E-state index contributed by atoms with van der Waals surface area (Å²) in [6.45, 7) is 3.68. The van der Waals surface area contributed by atoms with Gasteiger partial charge in [-0.25, -0.2) is 27.5 Å². The number of hydrogen-bond donors (Lipinski definition) is 0. The third-order valence-corrected chi connectivity index (χ3v) is 6.26. The van der Waals surface area contributed by atoms with Crippen molar-refractivity contribution in [2.45, 2.75) is 13.8 Å². The first-order valence-corrected chi connectivity index (χ1v) is 13.0. The minimum absolute atomic E-state index is 0. The monoisotopic (exact) mass is 666 g/mol. The number of hydrogen-bond acceptors (Lipinski definition) is 4. The van der Waals surface area contributed by atoms with Gasteiger partial charge in [-0.05, 0) is 111 Å². The smallest absolute Gasteiger partial charge is 0.252 e. The summed E-state index contributed by atoms with van der Waals surface area (Å²) in [4.78, 5) is 17.8. The molecule has 43 heavy (non-hydrogen) atoms. The van der Waals surface area contributed by atoms with E-state index in [0.29, 0.717) is 22.8 Å². The molecule has 0 saturated carbocycles. The van der Waals surface area contributed by atoms with Gasteiger partial charge in [0.2, 0.25) is 0 Å². The Bertz CT molecular complexity index is 1670. The maximum Gasteiger partial charge on any atom is 3.00 e. The van der Waals surface area contributed by atoms with Crippen molar-refractivity contribution in [3.05, 3.63) is 144 Å². The minimum Gasteiger partial charge on any atom is -0.252 e. The Labute approximate surface area is 259 Å². The van der Waals surface area contributed by atoms with E-state index in [9.17, 15) is 17.6 Å². The fourth-order valence-electron chi connectivity index (χ4n) is 4.21. The van der Waals surface area contributed by atoms with Crippen molar-refractivity contribution < 1.29 is 37.0 Å². The van der Waals surface area contributed by atoms with Gasteiger partial charge in [0, 0.05) is 34.6 Å². The summed E-state index contributed by atoms with van der Waals surface area (Å²) < 4.78 is 52.3. The first-order chi connectivity index (χ1) is 20.3. The Balaban J connectivity index is 0.000000192. The van der Waals surface area contributed by atoms with Crippen LogP contribution >= 0.6 is 0 Å². The van der Waals surface area contributed by atoms with Gasteiger partial charge in [-0.3, -0.25) is 9.97 Å². The second-order valence-corrected chi connectivity index (χ2v) is 9.44. The molecule has 0 fully saturated rings. The third-order valence-electron chi connectivity index (χ3n) is 6.26. The number of nitrogens with zero attached hydrogens (tertiary/aromatic N) is 4. The molecule has 0 atom stereocenters. The second-order valence-electron chi connectivity index (χ2n) is 9.44. The molecule has 1 radical (unpaired) electrons. The van der Waals surface area contributed by atoms with E-state index >= 15 is 0 Å². The molecule has 0 amide bonds. The molecule has 6 rings (SSSR count). The summed E-state index contributed by atoms with van der Waals surface area (Å²) in [5, 5.41) is 0. The number of halogens is 4. The molecule has 4 nitrogen and oxygen atoms in total. The fourth-order valence-corrected chi connectivity index (χ4v) is 4.21. The maximum absolute atomic E-state index is 13.1. The zero-order chi connectivity index (χ0) is 29.6. The zero-order valence-electron chi connectivity index (χ0n) is 23.0. The van der Waals surface area contributed by atoms with Crippen LogP contribution in [0.2, 0.25) is 0 Å². The van der Waals surface area contributed by atoms with Gasteiger partial charge < -0.3 is 0 Å². The van der Waals surface area contributed by atoms with Gasteiger partial charge in [0.25, 0.3) is 0 Å². The molecule has 2 heterocycles. The predicted octanol–water partition coefficient (Wildman–Crippen LogP) is 8.79. The van der Waals surface area contributed by atoms with Crippen LogP contribution in [0.3, 0.4) is 0 Å². The van der Waals surface area contributed by atoms with Crippen LogP contribution in [-0.4, -0.2) is 19.9 Å². The van der Waals surface area contributed by atoms with Crippen molar-refractivity contribution in [3.63, 3.8) is 0 Å². The molecular weight excluding hydrogens is 641 g/mol. The van der Waals surface area contributed by atoms with Crippen molar-refractivity contribution >= 4 is 0 Å². The first-order valence-electron chi connectivity index (χ1n) is 13.0. The van der Waals surface area contributed by atoms with Gasteiger partial charge in [0.15, 0.2) is 0 Å². The SMILES string of the molecule is Cc1cnc(-c2ccc(F)cc2)c(-c2ccc(F)cc2)n1.Cc1cnc(-c2ccc(F)cc2)c(-c2ccc(F)cc2)n1.[Ru+3]. The molecule has 0 spiro atoms. The Hall–Kier alpha value is -4.62. The minimum atomic E-state index is -0.304. The molecule has 0 aliphatic rings. The van der Waals surface area contributed by atoms with E-state index in [2.05, 4.69) is 19.9 Å². The van der Waals surface area contributed by atoms with Crippen molar-refractivity contribution in [2.24, 2.45) is 0 Å². The van der Waals surface area contributed by atoms with Gasteiger partial charge in [-0.2, -0.15) is 0 Å². The van der Waals surface area contributed by atoms with E-state index in [1.54, 1.807) is 60.9 Å². The number of aromatic nitrogens is 4. The third kappa shape index (κ3) is 7.82. The Morgan fingerprint density at radius 2 is 0.605 bits per heavy atom. The molecule has 4 aromatic carbocycles. The summed E-state index contributed by atoms with van der Waals surface area (Å²) in [6, 6.07) is 24.3. The first kappa shape index (κ1) is 31.3. The molecule has 0 bridgehead atoms. The normalized spacial score (nSPS) is 10.4. The van der Waals surface area contributed by atoms with Gasteiger partial charge in [-0.15, -0.1) is 0 Å². The van der Waals surface area contributed by atoms with Crippen molar-refractivity contribution in [3.8, 4) is 45.0 Å². The molecule has 9 heteroatoms. The molecule has 0 aliphatic carbocycles. The summed E-state index contributed by atoms with van der Waals surface area (Å²) in [6.07, 6.45) is 3.32.